The van der Waals surface area contributed by atoms with Crippen molar-refractivity contribution < 1.29 is 9.59 Å². The van der Waals surface area contributed by atoms with Gasteiger partial charge in [-0.3, -0.25) is 19.5 Å². The van der Waals surface area contributed by atoms with Gasteiger partial charge in [0.05, 0.1) is 34.1 Å². The van der Waals surface area contributed by atoms with Crippen molar-refractivity contribution in [2.75, 3.05) is 13.1 Å². The van der Waals surface area contributed by atoms with Crippen LogP contribution in [0.4, 0.5) is 0 Å². The Labute approximate surface area is 211 Å². The minimum Gasteiger partial charge on any atom is -0.347 e. The highest BCUT2D eigenvalue weighted by molar-refractivity contribution is 7.19. The zero-order valence-electron chi connectivity index (χ0n) is 19.5. The zero-order chi connectivity index (χ0) is 24.1. The van der Waals surface area contributed by atoms with E-state index in [1.165, 1.54) is 10.4 Å². The third kappa shape index (κ3) is 3.14. The van der Waals surface area contributed by atoms with Gasteiger partial charge in [-0.1, -0.05) is 25.4 Å². The summed E-state index contributed by atoms with van der Waals surface area (Å²) in [7, 11) is 0. The third-order valence-corrected chi connectivity index (χ3v) is 9.47. The lowest BCUT2D eigenvalue weighted by Gasteiger charge is -2.28. The Hall–Kier alpha value is -2.74. The van der Waals surface area contributed by atoms with Crippen molar-refractivity contribution in [1.82, 2.24) is 19.8 Å². The van der Waals surface area contributed by atoms with Crippen LogP contribution in [0, 0.1) is 23.2 Å². The highest BCUT2D eigenvalue weighted by Gasteiger charge is 2.72. The second-order valence-electron chi connectivity index (χ2n) is 10.7. The number of carbonyl (C=O) groups excluding carboxylic acids is 2. The first kappa shape index (κ1) is 21.5. The van der Waals surface area contributed by atoms with Crippen molar-refractivity contribution in [3.63, 3.8) is 0 Å². The Morgan fingerprint density at radius 2 is 1.89 bits per heavy atom. The molecule has 5 heterocycles. The van der Waals surface area contributed by atoms with Gasteiger partial charge in [0.1, 0.15) is 0 Å². The number of imide groups is 1. The molecule has 8 heteroatoms. The molecule has 0 bridgehead atoms. The number of nitrogens with one attached hydrogen (secondary N) is 1. The average Bonchev–Trinajstić information content (AvgIpc) is 3.14. The summed E-state index contributed by atoms with van der Waals surface area (Å²) >= 11 is 8.16. The maximum absolute atomic E-state index is 12.9. The van der Waals surface area contributed by atoms with E-state index in [0.717, 1.165) is 51.2 Å². The summed E-state index contributed by atoms with van der Waals surface area (Å²) in [5, 5.41) is 5.18. The summed E-state index contributed by atoms with van der Waals surface area (Å²) in [4.78, 5) is 32.7. The molecular weight excluding hydrogens is 480 g/mol. The van der Waals surface area contributed by atoms with Gasteiger partial charge in [0.2, 0.25) is 11.8 Å². The van der Waals surface area contributed by atoms with Crippen molar-refractivity contribution >= 4 is 55.9 Å². The fourth-order valence-electron chi connectivity index (χ4n) is 6.02. The highest BCUT2D eigenvalue weighted by Crippen LogP contribution is 2.63. The number of likely N-dealkylation sites (tertiary alicyclic amines) is 1. The molecule has 0 radical (unpaired) electrons. The van der Waals surface area contributed by atoms with Gasteiger partial charge in [0.15, 0.2) is 0 Å². The number of nitrogens with zero attached hydrogens (tertiary/aromatic N) is 3. The van der Waals surface area contributed by atoms with E-state index in [1.54, 1.807) is 11.3 Å². The Bertz CT molecular complexity index is 1530. The quantitative estimate of drug-likeness (QED) is 0.391. The second-order valence-corrected chi connectivity index (χ2v) is 12.3. The van der Waals surface area contributed by atoms with Crippen LogP contribution in [0.1, 0.15) is 18.7 Å². The molecule has 7 rings (SSSR count). The molecule has 1 aliphatic carbocycles. The van der Waals surface area contributed by atoms with E-state index in [9.17, 15) is 9.59 Å². The number of carbonyl (C=O) groups is 2. The molecule has 2 saturated heterocycles. The van der Waals surface area contributed by atoms with Crippen molar-refractivity contribution in [3.05, 3.63) is 52.6 Å². The second kappa shape index (κ2) is 7.38. The number of fused-ring (bicyclic) bond motifs is 3. The molecule has 6 nitrogen and oxygen atoms in total. The predicted molar refractivity (Wildman–Crippen MR) is 138 cm³/mol. The molecule has 0 spiro atoms. The lowest BCUT2D eigenvalue weighted by molar-refractivity contribution is -0.143. The third-order valence-electron chi connectivity index (χ3n) is 8.10. The predicted octanol–water partition coefficient (Wildman–Crippen LogP) is 4.93. The summed E-state index contributed by atoms with van der Waals surface area (Å²) in [5.41, 5.74) is 4.02. The van der Waals surface area contributed by atoms with Crippen LogP contribution in [0.2, 0.25) is 5.02 Å². The van der Waals surface area contributed by atoms with Gasteiger partial charge in [0.25, 0.3) is 0 Å². The molecule has 4 aromatic rings. The maximum Gasteiger partial charge on any atom is 0.234 e. The summed E-state index contributed by atoms with van der Waals surface area (Å²) in [6.07, 6.45) is 3.98. The Kier molecular flexibility index (Phi) is 4.54. The monoisotopic (exact) mass is 504 g/mol. The first-order valence-corrected chi connectivity index (χ1v) is 13.2. The molecule has 1 saturated carbocycles. The number of amides is 2. The minimum atomic E-state index is -0.192. The van der Waals surface area contributed by atoms with Gasteiger partial charge >= 0.3 is 0 Å². The van der Waals surface area contributed by atoms with Gasteiger partial charge in [-0.2, -0.15) is 0 Å². The van der Waals surface area contributed by atoms with Gasteiger partial charge in [-0.25, -0.2) is 0 Å². The number of piperidine rings is 1. The van der Waals surface area contributed by atoms with Gasteiger partial charge in [0, 0.05) is 64.4 Å². The zero-order valence-corrected chi connectivity index (χ0v) is 21.1. The van der Waals surface area contributed by atoms with Crippen LogP contribution in [-0.2, 0) is 22.7 Å². The van der Waals surface area contributed by atoms with E-state index in [-0.39, 0.29) is 29.1 Å². The van der Waals surface area contributed by atoms with E-state index in [0.29, 0.717) is 17.5 Å². The normalized spacial score (nSPS) is 23.3. The lowest BCUT2D eigenvalue weighted by Crippen LogP contribution is -2.44. The van der Waals surface area contributed by atoms with Crippen molar-refractivity contribution in [2.45, 2.75) is 26.9 Å². The number of rotatable bonds is 5. The Morgan fingerprint density at radius 3 is 2.60 bits per heavy atom. The van der Waals surface area contributed by atoms with E-state index in [1.807, 2.05) is 44.3 Å². The highest BCUT2D eigenvalue weighted by atomic mass is 35.5. The van der Waals surface area contributed by atoms with Gasteiger partial charge < -0.3 is 9.88 Å². The maximum atomic E-state index is 12.9. The number of pyridine rings is 1. The van der Waals surface area contributed by atoms with Crippen LogP contribution in [0.3, 0.4) is 0 Å². The van der Waals surface area contributed by atoms with Crippen LogP contribution >= 0.6 is 22.9 Å². The number of hydrogen-bond donors (Lipinski definition) is 1. The van der Waals surface area contributed by atoms with E-state index in [2.05, 4.69) is 27.1 Å². The fraction of sp³-hybridized carbons (Fsp3) is 0.370. The molecule has 2 atom stereocenters. The molecule has 2 unspecified atom stereocenters. The number of aromatic nitrogens is 2. The number of thiophene rings is 1. The topological polar surface area (TPSA) is 67.2 Å². The van der Waals surface area contributed by atoms with Gasteiger partial charge in [-0.05, 0) is 35.7 Å². The Balaban J connectivity index is 1.29. The SMILES string of the molecule is CC1(C)C2C(=O)N(Cc3cc4nccc(-c5cc(Cl)cc6ccn(CC7CNC7)c56)c4s3)C(=O)C21. The number of halogens is 1. The molecule has 2 aliphatic heterocycles. The van der Waals surface area contributed by atoms with Crippen molar-refractivity contribution in [1.29, 1.82) is 0 Å². The lowest BCUT2D eigenvalue weighted by atomic mass is 10.0. The number of hydrogen-bond acceptors (Lipinski definition) is 5. The van der Waals surface area contributed by atoms with Crippen LogP contribution in [-0.4, -0.2) is 39.4 Å². The Morgan fingerprint density at radius 1 is 1.11 bits per heavy atom. The first-order valence-electron chi connectivity index (χ1n) is 12.0. The molecule has 3 aliphatic rings. The van der Waals surface area contributed by atoms with E-state index < -0.39 is 0 Å². The molecule has 3 fully saturated rings. The van der Waals surface area contributed by atoms with Crippen LogP contribution in [0.5, 0.6) is 0 Å². The summed E-state index contributed by atoms with van der Waals surface area (Å²) in [5.74, 6) is 0.255. The van der Waals surface area contributed by atoms with Crippen molar-refractivity contribution in [2.24, 2.45) is 23.2 Å². The minimum absolute atomic E-state index is 0.0319. The molecule has 35 heavy (non-hydrogen) atoms. The molecule has 2 amide bonds. The molecule has 178 valence electrons. The van der Waals surface area contributed by atoms with Crippen LogP contribution in [0.15, 0.2) is 42.7 Å². The largest absolute Gasteiger partial charge is 0.347 e. The van der Waals surface area contributed by atoms with Crippen LogP contribution in [0.25, 0.3) is 32.2 Å². The van der Waals surface area contributed by atoms with E-state index >= 15 is 0 Å². The fourth-order valence-corrected chi connectivity index (χ4v) is 7.38. The molecule has 1 N–H and O–H groups in total. The van der Waals surface area contributed by atoms with Gasteiger partial charge in [-0.15, -0.1) is 11.3 Å². The first-order chi connectivity index (χ1) is 16.8. The van der Waals surface area contributed by atoms with Crippen LogP contribution < -0.4 is 5.32 Å². The summed E-state index contributed by atoms with van der Waals surface area (Å²) in [6.45, 7) is 7.39. The summed E-state index contributed by atoms with van der Waals surface area (Å²) < 4.78 is 3.39. The molecule has 3 aromatic heterocycles. The van der Waals surface area contributed by atoms with E-state index in [4.69, 9.17) is 11.6 Å². The average molecular weight is 505 g/mol. The smallest absolute Gasteiger partial charge is 0.234 e. The van der Waals surface area contributed by atoms with Crippen molar-refractivity contribution in [3.8, 4) is 11.1 Å². The molecule has 1 aromatic carbocycles. The number of benzene rings is 1. The standard InChI is InChI=1S/C27H25ClN4O2S/c1-27(2)21-22(27)26(34)32(25(21)33)13-17-9-20-24(35-17)18(3-5-30-20)19-8-16(28)7-15-4-6-31(23(15)19)12-14-10-29-11-14/h3-9,14,21-22,29H,10-13H2,1-2H3. The summed E-state index contributed by atoms with van der Waals surface area (Å²) in [6, 6.07) is 10.2. The molecular formula is C27H25ClN4O2S.